The van der Waals surface area contributed by atoms with Crippen molar-refractivity contribution in [1.82, 2.24) is 10.2 Å². The highest BCUT2D eigenvalue weighted by molar-refractivity contribution is 14.0. The van der Waals surface area contributed by atoms with Crippen LogP contribution >= 0.6 is 24.0 Å². The van der Waals surface area contributed by atoms with Crippen LogP contribution in [0.4, 0.5) is 0 Å². The van der Waals surface area contributed by atoms with Crippen LogP contribution in [0.1, 0.15) is 37.7 Å². The van der Waals surface area contributed by atoms with Crippen molar-refractivity contribution in [3.63, 3.8) is 0 Å². The zero-order valence-corrected chi connectivity index (χ0v) is 15.3. The first-order valence-electron chi connectivity index (χ1n) is 7.81. The standard InChI is InChI=1S/C17H25N3.HI/c1-13-12-20(17(18-2)19-15-8-9-15)11-10-16(13)14-6-4-3-5-7-14;/h3-7,13,15-16H,8-12H2,1-2H3,(H,18,19);1H. The smallest absolute Gasteiger partial charge is 0.193 e. The first-order chi connectivity index (χ1) is 9.78. The molecule has 116 valence electrons. The van der Waals surface area contributed by atoms with Crippen LogP contribution in [0.25, 0.3) is 0 Å². The van der Waals surface area contributed by atoms with Crippen molar-refractivity contribution in [3.8, 4) is 0 Å². The number of hydrogen-bond acceptors (Lipinski definition) is 1. The van der Waals surface area contributed by atoms with E-state index >= 15 is 0 Å². The van der Waals surface area contributed by atoms with Crippen molar-refractivity contribution in [1.29, 1.82) is 0 Å². The van der Waals surface area contributed by atoms with Crippen molar-refractivity contribution in [2.24, 2.45) is 10.9 Å². The van der Waals surface area contributed by atoms with Crippen molar-refractivity contribution < 1.29 is 0 Å². The molecule has 0 radical (unpaired) electrons. The van der Waals surface area contributed by atoms with Crippen LogP contribution in [-0.4, -0.2) is 37.0 Å². The van der Waals surface area contributed by atoms with Gasteiger partial charge in [0.2, 0.25) is 0 Å². The predicted octanol–water partition coefficient (Wildman–Crippen LogP) is 3.47. The van der Waals surface area contributed by atoms with Gasteiger partial charge in [-0.3, -0.25) is 4.99 Å². The molecule has 2 atom stereocenters. The van der Waals surface area contributed by atoms with Crippen LogP contribution in [0.15, 0.2) is 35.3 Å². The largest absolute Gasteiger partial charge is 0.354 e. The molecule has 1 N–H and O–H groups in total. The van der Waals surface area contributed by atoms with Crippen LogP contribution in [0.5, 0.6) is 0 Å². The molecule has 1 saturated heterocycles. The highest BCUT2D eigenvalue weighted by atomic mass is 127. The highest BCUT2D eigenvalue weighted by Gasteiger charge is 2.30. The number of piperidine rings is 1. The van der Waals surface area contributed by atoms with Gasteiger partial charge in [0.1, 0.15) is 0 Å². The molecule has 2 aliphatic rings. The summed E-state index contributed by atoms with van der Waals surface area (Å²) in [5.74, 6) is 2.46. The van der Waals surface area contributed by atoms with Gasteiger partial charge in [-0.05, 0) is 36.7 Å². The Morgan fingerprint density at radius 1 is 1.19 bits per heavy atom. The topological polar surface area (TPSA) is 27.6 Å². The van der Waals surface area contributed by atoms with Crippen molar-refractivity contribution in [2.45, 2.75) is 38.1 Å². The quantitative estimate of drug-likeness (QED) is 0.469. The van der Waals surface area contributed by atoms with Crippen molar-refractivity contribution >= 4 is 29.9 Å². The summed E-state index contributed by atoms with van der Waals surface area (Å²) < 4.78 is 0. The van der Waals surface area contributed by atoms with E-state index in [-0.39, 0.29) is 24.0 Å². The SMILES string of the molecule is CN=C(NC1CC1)N1CCC(c2ccccc2)C(C)C1.I. The maximum Gasteiger partial charge on any atom is 0.193 e. The molecule has 2 fully saturated rings. The molecule has 0 amide bonds. The fourth-order valence-corrected chi connectivity index (χ4v) is 3.24. The minimum absolute atomic E-state index is 0. The predicted molar refractivity (Wildman–Crippen MR) is 99.5 cm³/mol. The maximum atomic E-state index is 4.46. The molecule has 3 rings (SSSR count). The summed E-state index contributed by atoms with van der Waals surface area (Å²) in [6.07, 6.45) is 3.82. The van der Waals surface area contributed by atoms with Crippen molar-refractivity contribution in [3.05, 3.63) is 35.9 Å². The first kappa shape index (κ1) is 16.6. The van der Waals surface area contributed by atoms with E-state index in [1.165, 1.54) is 24.8 Å². The molecule has 1 aromatic carbocycles. The fraction of sp³-hybridized carbons (Fsp3) is 0.588. The molecule has 2 unspecified atom stereocenters. The van der Waals surface area contributed by atoms with Gasteiger partial charge >= 0.3 is 0 Å². The van der Waals surface area contributed by atoms with Gasteiger partial charge in [0, 0.05) is 26.2 Å². The Balaban J connectivity index is 0.00000161. The Kier molecular flexibility index (Phi) is 5.90. The Bertz CT molecular complexity index is 470. The molecule has 1 aliphatic carbocycles. The van der Waals surface area contributed by atoms with E-state index in [9.17, 15) is 0 Å². The van der Waals surface area contributed by atoms with Gasteiger partial charge in [0.25, 0.3) is 0 Å². The summed E-state index contributed by atoms with van der Waals surface area (Å²) in [5, 5.41) is 3.56. The summed E-state index contributed by atoms with van der Waals surface area (Å²) in [4.78, 5) is 6.89. The second-order valence-corrected chi connectivity index (χ2v) is 6.19. The lowest BCUT2D eigenvalue weighted by Crippen LogP contribution is -2.48. The average Bonchev–Trinajstić information content (AvgIpc) is 3.29. The van der Waals surface area contributed by atoms with Gasteiger partial charge in [-0.15, -0.1) is 24.0 Å². The third kappa shape index (κ3) is 4.11. The van der Waals surface area contributed by atoms with E-state index < -0.39 is 0 Å². The summed E-state index contributed by atoms with van der Waals surface area (Å²) >= 11 is 0. The Morgan fingerprint density at radius 2 is 1.90 bits per heavy atom. The molecule has 3 nitrogen and oxygen atoms in total. The van der Waals surface area contributed by atoms with Crippen LogP contribution in [-0.2, 0) is 0 Å². The molecular formula is C17H26IN3. The van der Waals surface area contributed by atoms with Gasteiger partial charge in [-0.25, -0.2) is 0 Å². The molecule has 0 spiro atoms. The highest BCUT2D eigenvalue weighted by Crippen LogP contribution is 2.32. The molecule has 0 bridgehead atoms. The zero-order chi connectivity index (χ0) is 13.9. The number of likely N-dealkylation sites (tertiary alicyclic amines) is 1. The zero-order valence-electron chi connectivity index (χ0n) is 13.0. The second-order valence-electron chi connectivity index (χ2n) is 6.19. The fourth-order valence-electron chi connectivity index (χ4n) is 3.24. The summed E-state index contributed by atoms with van der Waals surface area (Å²) in [6, 6.07) is 11.6. The van der Waals surface area contributed by atoms with Gasteiger partial charge in [0.15, 0.2) is 5.96 Å². The van der Waals surface area contributed by atoms with E-state index in [4.69, 9.17) is 0 Å². The van der Waals surface area contributed by atoms with Gasteiger partial charge in [-0.1, -0.05) is 37.3 Å². The summed E-state index contributed by atoms with van der Waals surface area (Å²) in [7, 11) is 1.90. The molecule has 1 heterocycles. The van der Waals surface area contributed by atoms with E-state index in [2.05, 4.69) is 52.5 Å². The Hall–Kier alpha value is -0.780. The summed E-state index contributed by atoms with van der Waals surface area (Å²) in [5.41, 5.74) is 1.49. The second kappa shape index (κ2) is 7.47. The van der Waals surface area contributed by atoms with Gasteiger partial charge in [-0.2, -0.15) is 0 Å². The number of aliphatic imine (C=N–C) groups is 1. The lowest BCUT2D eigenvalue weighted by atomic mass is 9.82. The van der Waals surface area contributed by atoms with E-state index in [0.717, 1.165) is 19.0 Å². The molecule has 1 saturated carbocycles. The number of benzene rings is 1. The molecule has 1 aliphatic heterocycles. The third-order valence-corrected chi connectivity index (χ3v) is 4.55. The van der Waals surface area contributed by atoms with E-state index in [1.54, 1.807) is 0 Å². The van der Waals surface area contributed by atoms with Crippen molar-refractivity contribution in [2.75, 3.05) is 20.1 Å². The Morgan fingerprint density at radius 3 is 2.48 bits per heavy atom. The number of halogens is 1. The lowest BCUT2D eigenvalue weighted by Gasteiger charge is -2.39. The molecule has 0 aromatic heterocycles. The number of nitrogens with one attached hydrogen (secondary N) is 1. The first-order valence-corrected chi connectivity index (χ1v) is 7.81. The van der Waals surface area contributed by atoms with Crippen LogP contribution in [0.3, 0.4) is 0 Å². The Labute approximate surface area is 145 Å². The lowest BCUT2D eigenvalue weighted by molar-refractivity contribution is 0.234. The van der Waals surface area contributed by atoms with Crippen LogP contribution in [0, 0.1) is 5.92 Å². The number of guanidine groups is 1. The molecule has 4 heteroatoms. The third-order valence-electron chi connectivity index (χ3n) is 4.55. The molecule has 21 heavy (non-hydrogen) atoms. The minimum Gasteiger partial charge on any atom is -0.354 e. The van der Waals surface area contributed by atoms with Gasteiger partial charge < -0.3 is 10.2 Å². The molecular weight excluding hydrogens is 373 g/mol. The monoisotopic (exact) mass is 399 g/mol. The summed E-state index contributed by atoms with van der Waals surface area (Å²) in [6.45, 7) is 4.58. The average molecular weight is 399 g/mol. The molecule has 1 aromatic rings. The van der Waals surface area contributed by atoms with Crippen LogP contribution < -0.4 is 5.32 Å². The minimum atomic E-state index is 0. The number of nitrogens with zero attached hydrogens (tertiary/aromatic N) is 2. The van der Waals surface area contributed by atoms with E-state index in [0.29, 0.717) is 17.9 Å². The van der Waals surface area contributed by atoms with Gasteiger partial charge in [0.05, 0.1) is 0 Å². The van der Waals surface area contributed by atoms with E-state index in [1.807, 2.05) is 7.05 Å². The number of hydrogen-bond donors (Lipinski definition) is 1. The maximum absolute atomic E-state index is 4.46. The van der Waals surface area contributed by atoms with Crippen LogP contribution in [0.2, 0.25) is 0 Å². The number of rotatable bonds is 2. The normalized spacial score (nSPS) is 26.2.